The van der Waals surface area contributed by atoms with E-state index >= 15 is 0 Å². The molecule has 1 aromatic heterocycles. The third-order valence-corrected chi connectivity index (χ3v) is 3.80. The van der Waals surface area contributed by atoms with E-state index < -0.39 is 0 Å². The lowest BCUT2D eigenvalue weighted by molar-refractivity contribution is 0.0931. The summed E-state index contributed by atoms with van der Waals surface area (Å²) in [6.45, 7) is 9.99. The van der Waals surface area contributed by atoms with Crippen LogP contribution in [0.25, 0.3) is 0 Å². The van der Waals surface area contributed by atoms with Gasteiger partial charge in [-0.3, -0.25) is 4.79 Å². The van der Waals surface area contributed by atoms with E-state index in [-0.39, 0.29) is 11.7 Å². The summed E-state index contributed by atoms with van der Waals surface area (Å²) in [6.07, 6.45) is 1.01. The Balaban J connectivity index is 2.48. The maximum absolute atomic E-state index is 12.0. The van der Waals surface area contributed by atoms with Crippen molar-refractivity contribution in [1.29, 1.82) is 0 Å². The van der Waals surface area contributed by atoms with Crippen LogP contribution < -0.4 is 16.0 Å². The largest absolute Gasteiger partial charge is 0.382 e. The van der Waals surface area contributed by atoms with Gasteiger partial charge in [0.05, 0.1) is 13.2 Å². The highest BCUT2D eigenvalue weighted by Crippen LogP contribution is 2.27. The van der Waals surface area contributed by atoms with Gasteiger partial charge in [-0.15, -0.1) is 0 Å². The molecule has 0 fully saturated rings. The summed E-state index contributed by atoms with van der Waals surface area (Å²) >= 11 is 1.31. The van der Waals surface area contributed by atoms with Crippen molar-refractivity contribution in [2.24, 2.45) is 0 Å². The molecule has 0 unspecified atom stereocenters. The van der Waals surface area contributed by atoms with Crippen molar-refractivity contribution in [3.63, 3.8) is 0 Å². The minimum atomic E-state index is -0.208. The molecule has 1 heterocycles. The Morgan fingerprint density at radius 3 is 2.90 bits per heavy atom. The summed E-state index contributed by atoms with van der Waals surface area (Å²) < 4.78 is 5.32. The predicted octanol–water partition coefficient (Wildman–Crippen LogP) is 1.89. The number of ether oxygens (including phenoxy) is 1. The second-order valence-electron chi connectivity index (χ2n) is 4.90. The number of hydrogen-bond donors (Lipinski definition) is 2. The van der Waals surface area contributed by atoms with E-state index in [1.54, 1.807) is 0 Å². The Bertz CT molecular complexity index is 487. The van der Waals surface area contributed by atoms with Gasteiger partial charge >= 0.3 is 0 Å². The standard InChI is InChI=1S/C14H24N4O2S/c1-5-7-18(4)14-17-12(15)11(21-14)13(19)16-6-8-20-9-10(2)3/h2,5-9,15H2,1,3-4H3,(H,16,19). The van der Waals surface area contributed by atoms with Crippen molar-refractivity contribution in [3.05, 3.63) is 17.0 Å². The molecule has 118 valence electrons. The van der Waals surface area contributed by atoms with Gasteiger partial charge < -0.3 is 20.7 Å². The zero-order valence-electron chi connectivity index (χ0n) is 12.9. The molecule has 0 bridgehead atoms. The van der Waals surface area contributed by atoms with E-state index in [9.17, 15) is 4.79 Å². The maximum Gasteiger partial charge on any atom is 0.265 e. The summed E-state index contributed by atoms with van der Waals surface area (Å²) in [5, 5.41) is 3.54. The van der Waals surface area contributed by atoms with Gasteiger partial charge in [0.2, 0.25) is 0 Å². The van der Waals surface area contributed by atoms with Gasteiger partial charge in [-0.1, -0.05) is 30.4 Å². The number of nitrogens with zero attached hydrogens (tertiary/aromatic N) is 2. The highest BCUT2D eigenvalue weighted by atomic mass is 32.1. The fraction of sp³-hybridized carbons (Fsp3) is 0.571. The van der Waals surface area contributed by atoms with E-state index in [0.717, 1.165) is 23.7 Å². The average Bonchev–Trinajstić information content (AvgIpc) is 2.80. The molecular weight excluding hydrogens is 288 g/mol. The van der Waals surface area contributed by atoms with Crippen molar-refractivity contribution in [2.75, 3.05) is 44.0 Å². The van der Waals surface area contributed by atoms with Gasteiger partial charge in [-0.05, 0) is 13.3 Å². The molecule has 1 rings (SSSR count). The molecule has 3 N–H and O–H groups in total. The normalized spacial score (nSPS) is 10.4. The van der Waals surface area contributed by atoms with Gasteiger partial charge in [-0.25, -0.2) is 4.98 Å². The molecule has 0 aliphatic heterocycles. The van der Waals surface area contributed by atoms with Gasteiger partial charge in [-0.2, -0.15) is 0 Å². The highest BCUT2D eigenvalue weighted by Gasteiger charge is 2.17. The predicted molar refractivity (Wildman–Crippen MR) is 88.1 cm³/mol. The van der Waals surface area contributed by atoms with Gasteiger partial charge in [0, 0.05) is 20.1 Å². The van der Waals surface area contributed by atoms with Crippen LogP contribution in [0, 0.1) is 0 Å². The molecule has 0 radical (unpaired) electrons. The van der Waals surface area contributed by atoms with E-state index in [0.29, 0.717) is 24.6 Å². The van der Waals surface area contributed by atoms with Crippen LogP contribution in [-0.4, -0.2) is 44.2 Å². The number of nitrogen functional groups attached to an aromatic ring is 1. The zero-order chi connectivity index (χ0) is 15.8. The van der Waals surface area contributed by atoms with Crippen LogP contribution in [0.3, 0.4) is 0 Å². The fourth-order valence-electron chi connectivity index (χ4n) is 1.64. The Labute approximate surface area is 130 Å². The van der Waals surface area contributed by atoms with Crippen LogP contribution in [0.5, 0.6) is 0 Å². The van der Waals surface area contributed by atoms with Gasteiger partial charge in [0.15, 0.2) is 5.13 Å². The van der Waals surface area contributed by atoms with Crippen LogP contribution in [0.1, 0.15) is 29.9 Å². The first-order valence-corrected chi connectivity index (χ1v) is 7.75. The topological polar surface area (TPSA) is 80.5 Å². The Morgan fingerprint density at radius 2 is 2.29 bits per heavy atom. The number of thiazole rings is 1. The molecule has 0 spiro atoms. The molecule has 0 saturated carbocycles. The number of rotatable bonds is 9. The van der Waals surface area contributed by atoms with E-state index in [1.165, 1.54) is 11.3 Å². The van der Waals surface area contributed by atoms with Crippen LogP contribution >= 0.6 is 11.3 Å². The molecule has 0 aliphatic rings. The Morgan fingerprint density at radius 1 is 1.57 bits per heavy atom. The number of carbonyl (C=O) groups is 1. The average molecular weight is 312 g/mol. The fourth-order valence-corrected chi connectivity index (χ4v) is 2.53. The zero-order valence-corrected chi connectivity index (χ0v) is 13.8. The molecule has 7 heteroatoms. The lowest BCUT2D eigenvalue weighted by atomic mass is 10.4. The molecule has 0 aromatic carbocycles. The van der Waals surface area contributed by atoms with E-state index in [2.05, 4.69) is 23.8 Å². The van der Waals surface area contributed by atoms with E-state index in [4.69, 9.17) is 10.5 Å². The maximum atomic E-state index is 12.0. The third-order valence-electron chi connectivity index (χ3n) is 2.61. The molecule has 6 nitrogen and oxygen atoms in total. The van der Waals surface area contributed by atoms with Crippen molar-refractivity contribution in [1.82, 2.24) is 10.3 Å². The number of anilines is 2. The number of amides is 1. The molecule has 0 saturated heterocycles. The first-order chi connectivity index (χ1) is 9.95. The van der Waals surface area contributed by atoms with Crippen molar-refractivity contribution >= 4 is 28.2 Å². The number of carbonyl (C=O) groups excluding carboxylic acids is 1. The summed E-state index contributed by atoms with van der Waals surface area (Å²) in [6, 6.07) is 0. The van der Waals surface area contributed by atoms with E-state index in [1.807, 2.05) is 18.9 Å². The third kappa shape index (κ3) is 5.73. The Hall–Kier alpha value is -1.60. The van der Waals surface area contributed by atoms with Crippen molar-refractivity contribution in [2.45, 2.75) is 20.3 Å². The van der Waals surface area contributed by atoms with Crippen molar-refractivity contribution in [3.8, 4) is 0 Å². The summed E-state index contributed by atoms with van der Waals surface area (Å²) in [5.74, 6) is 0.0679. The molecule has 21 heavy (non-hydrogen) atoms. The molecule has 1 amide bonds. The monoisotopic (exact) mass is 312 g/mol. The van der Waals surface area contributed by atoms with Crippen LogP contribution in [0.15, 0.2) is 12.2 Å². The lowest BCUT2D eigenvalue weighted by Gasteiger charge is -2.13. The molecular formula is C14H24N4O2S. The lowest BCUT2D eigenvalue weighted by Crippen LogP contribution is -2.27. The van der Waals surface area contributed by atoms with Crippen LogP contribution in [0.2, 0.25) is 0 Å². The summed E-state index contributed by atoms with van der Waals surface area (Å²) in [4.78, 5) is 18.7. The number of nitrogens with one attached hydrogen (secondary N) is 1. The van der Waals surface area contributed by atoms with Gasteiger partial charge in [0.25, 0.3) is 5.91 Å². The van der Waals surface area contributed by atoms with Crippen LogP contribution in [-0.2, 0) is 4.74 Å². The SMILES string of the molecule is C=C(C)COCCNC(=O)c1sc(N(C)CCC)nc1N. The van der Waals surface area contributed by atoms with Crippen LogP contribution in [0.4, 0.5) is 10.9 Å². The number of aromatic nitrogens is 1. The molecule has 1 aromatic rings. The quantitative estimate of drug-likeness (QED) is 0.538. The second-order valence-corrected chi connectivity index (χ2v) is 5.88. The smallest absolute Gasteiger partial charge is 0.265 e. The highest BCUT2D eigenvalue weighted by molar-refractivity contribution is 7.18. The number of hydrogen-bond acceptors (Lipinski definition) is 6. The first-order valence-electron chi connectivity index (χ1n) is 6.93. The number of nitrogens with two attached hydrogens (primary N) is 1. The van der Waals surface area contributed by atoms with Crippen molar-refractivity contribution < 1.29 is 9.53 Å². The first kappa shape index (κ1) is 17.5. The summed E-state index contributed by atoms with van der Waals surface area (Å²) in [5.41, 5.74) is 6.77. The molecule has 0 atom stereocenters. The minimum Gasteiger partial charge on any atom is -0.382 e. The summed E-state index contributed by atoms with van der Waals surface area (Å²) in [7, 11) is 1.94. The Kier molecular flexibility index (Phi) is 7.18. The van der Waals surface area contributed by atoms with Gasteiger partial charge in [0.1, 0.15) is 10.7 Å². The molecule has 0 aliphatic carbocycles. The minimum absolute atomic E-state index is 0.208. The second kappa shape index (κ2) is 8.63.